The van der Waals surface area contributed by atoms with Crippen LogP contribution in [-0.4, -0.2) is 32.2 Å². The molecule has 0 atom stereocenters. The molecule has 0 bridgehead atoms. The van der Waals surface area contributed by atoms with Gasteiger partial charge in [-0.1, -0.05) is 0 Å². The van der Waals surface area contributed by atoms with Crippen LogP contribution < -0.4 is 5.32 Å². The number of halogens is 2. The predicted octanol–water partition coefficient (Wildman–Crippen LogP) is 1.27. The SMILES string of the molecule is CC(F)(F)CCOCC1CNC1. The molecule has 1 fully saturated rings. The second kappa shape index (κ2) is 4.14. The molecule has 0 aromatic rings. The Morgan fingerprint density at radius 3 is 2.58 bits per heavy atom. The Morgan fingerprint density at radius 1 is 1.50 bits per heavy atom. The molecule has 1 rings (SSSR count). The summed E-state index contributed by atoms with van der Waals surface area (Å²) in [4.78, 5) is 0. The monoisotopic (exact) mass is 179 g/mol. The Bertz CT molecular complexity index is 132. The predicted molar refractivity (Wildman–Crippen MR) is 42.4 cm³/mol. The number of alkyl halides is 2. The molecule has 0 aromatic carbocycles. The number of hydrogen-bond acceptors (Lipinski definition) is 2. The molecular formula is C8H15F2NO. The summed E-state index contributed by atoms with van der Waals surface area (Å²) in [6, 6.07) is 0. The van der Waals surface area contributed by atoms with E-state index in [4.69, 9.17) is 4.74 Å². The van der Waals surface area contributed by atoms with E-state index in [1.54, 1.807) is 0 Å². The zero-order chi connectivity index (χ0) is 9.03. The fourth-order valence-electron chi connectivity index (χ4n) is 0.968. The molecule has 1 aliphatic rings. The molecule has 0 aliphatic carbocycles. The summed E-state index contributed by atoms with van der Waals surface area (Å²) in [7, 11) is 0. The van der Waals surface area contributed by atoms with Crippen molar-refractivity contribution in [3.8, 4) is 0 Å². The molecule has 0 aromatic heterocycles. The smallest absolute Gasteiger partial charge is 0.247 e. The molecule has 4 heteroatoms. The quantitative estimate of drug-likeness (QED) is 0.642. The van der Waals surface area contributed by atoms with Crippen molar-refractivity contribution in [2.75, 3.05) is 26.3 Å². The molecule has 0 spiro atoms. The average Bonchev–Trinajstić information content (AvgIpc) is 1.80. The number of ether oxygens (including phenoxy) is 1. The maximum absolute atomic E-state index is 12.3. The minimum Gasteiger partial charge on any atom is -0.381 e. The van der Waals surface area contributed by atoms with Crippen molar-refractivity contribution < 1.29 is 13.5 Å². The summed E-state index contributed by atoms with van der Waals surface area (Å²) in [5.41, 5.74) is 0. The molecule has 72 valence electrons. The third-order valence-electron chi connectivity index (χ3n) is 1.90. The molecule has 12 heavy (non-hydrogen) atoms. The molecular weight excluding hydrogens is 164 g/mol. The topological polar surface area (TPSA) is 21.3 Å². The Kier molecular flexibility index (Phi) is 3.40. The van der Waals surface area contributed by atoms with Crippen LogP contribution in [0.15, 0.2) is 0 Å². The third kappa shape index (κ3) is 3.97. The van der Waals surface area contributed by atoms with Crippen molar-refractivity contribution in [2.45, 2.75) is 19.3 Å². The lowest BCUT2D eigenvalue weighted by Crippen LogP contribution is -2.44. The first-order chi connectivity index (χ1) is 5.58. The van der Waals surface area contributed by atoms with Gasteiger partial charge in [0.25, 0.3) is 0 Å². The molecule has 1 saturated heterocycles. The lowest BCUT2D eigenvalue weighted by Gasteiger charge is -2.26. The van der Waals surface area contributed by atoms with Crippen LogP contribution in [0.4, 0.5) is 8.78 Å². The largest absolute Gasteiger partial charge is 0.381 e. The third-order valence-corrected chi connectivity index (χ3v) is 1.90. The van der Waals surface area contributed by atoms with Crippen molar-refractivity contribution in [1.29, 1.82) is 0 Å². The van der Waals surface area contributed by atoms with E-state index in [0.717, 1.165) is 20.0 Å². The van der Waals surface area contributed by atoms with Gasteiger partial charge in [0.15, 0.2) is 0 Å². The zero-order valence-corrected chi connectivity index (χ0v) is 7.28. The van der Waals surface area contributed by atoms with Crippen molar-refractivity contribution in [1.82, 2.24) is 5.32 Å². The van der Waals surface area contributed by atoms with Crippen LogP contribution in [-0.2, 0) is 4.74 Å². The first-order valence-electron chi connectivity index (χ1n) is 4.24. The molecule has 2 nitrogen and oxygen atoms in total. The zero-order valence-electron chi connectivity index (χ0n) is 7.28. The van der Waals surface area contributed by atoms with Gasteiger partial charge in [-0.3, -0.25) is 0 Å². The Morgan fingerprint density at radius 2 is 2.17 bits per heavy atom. The number of rotatable bonds is 5. The molecule has 1 heterocycles. The van der Waals surface area contributed by atoms with Crippen LogP contribution in [0.3, 0.4) is 0 Å². The highest BCUT2D eigenvalue weighted by Crippen LogP contribution is 2.16. The standard InChI is InChI=1S/C8H15F2NO/c1-8(9,10)2-3-12-6-7-4-11-5-7/h7,11H,2-6H2,1H3. The van der Waals surface area contributed by atoms with Gasteiger partial charge in [-0.15, -0.1) is 0 Å². The van der Waals surface area contributed by atoms with Crippen LogP contribution in [0.25, 0.3) is 0 Å². The minimum absolute atomic E-state index is 0.167. The van der Waals surface area contributed by atoms with E-state index >= 15 is 0 Å². The summed E-state index contributed by atoms with van der Waals surface area (Å²) < 4.78 is 29.6. The summed E-state index contributed by atoms with van der Waals surface area (Å²) >= 11 is 0. The Labute approximate surface area is 71.3 Å². The molecule has 0 saturated carbocycles. The number of nitrogens with one attached hydrogen (secondary N) is 1. The maximum atomic E-state index is 12.3. The van der Waals surface area contributed by atoms with Crippen LogP contribution in [0.5, 0.6) is 0 Å². The average molecular weight is 179 g/mol. The molecule has 0 radical (unpaired) electrons. The van der Waals surface area contributed by atoms with E-state index in [2.05, 4.69) is 5.32 Å². The first kappa shape index (κ1) is 9.86. The fourth-order valence-corrected chi connectivity index (χ4v) is 0.968. The lowest BCUT2D eigenvalue weighted by atomic mass is 10.1. The van der Waals surface area contributed by atoms with Crippen LogP contribution >= 0.6 is 0 Å². The van der Waals surface area contributed by atoms with Gasteiger partial charge in [-0.05, 0) is 6.92 Å². The van der Waals surface area contributed by atoms with Crippen LogP contribution in [0.1, 0.15) is 13.3 Å². The molecule has 1 aliphatic heterocycles. The van der Waals surface area contributed by atoms with Gasteiger partial charge in [0.1, 0.15) is 0 Å². The lowest BCUT2D eigenvalue weighted by molar-refractivity contribution is -0.0236. The highest BCUT2D eigenvalue weighted by atomic mass is 19.3. The first-order valence-corrected chi connectivity index (χ1v) is 4.24. The van der Waals surface area contributed by atoms with E-state index < -0.39 is 5.92 Å². The highest BCUT2D eigenvalue weighted by molar-refractivity contribution is 4.73. The van der Waals surface area contributed by atoms with E-state index in [-0.39, 0.29) is 13.0 Å². The Hall–Kier alpha value is -0.220. The van der Waals surface area contributed by atoms with Gasteiger partial charge in [0.05, 0.1) is 13.2 Å². The van der Waals surface area contributed by atoms with Crippen LogP contribution in [0.2, 0.25) is 0 Å². The second-order valence-electron chi connectivity index (χ2n) is 3.42. The summed E-state index contributed by atoms with van der Waals surface area (Å²) in [6.07, 6.45) is -0.173. The van der Waals surface area contributed by atoms with E-state index in [9.17, 15) is 8.78 Å². The summed E-state index contributed by atoms with van der Waals surface area (Å²) in [6.45, 7) is 3.62. The van der Waals surface area contributed by atoms with Gasteiger partial charge in [0, 0.05) is 25.4 Å². The molecule has 0 unspecified atom stereocenters. The van der Waals surface area contributed by atoms with Crippen LogP contribution in [0, 0.1) is 5.92 Å². The fraction of sp³-hybridized carbons (Fsp3) is 1.00. The Balaban J connectivity index is 1.88. The van der Waals surface area contributed by atoms with Gasteiger partial charge < -0.3 is 10.1 Å². The van der Waals surface area contributed by atoms with Crippen molar-refractivity contribution in [3.63, 3.8) is 0 Å². The summed E-state index contributed by atoms with van der Waals surface area (Å²) in [5, 5.41) is 3.09. The van der Waals surface area contributed by atoms with E-state index in [1.807, 2.05) is 0 Å². The normalized spacial score (nSPS) is 19.2. The van der Waals surface area contributed by atoms with Gasteiger partial charge >= 0.3 is 0 Å². The van der Waals surface area contributed by atoms with E-state index in [1.165, 1.54) is 0 Å². The maximum Gasteiger partial charge on any atom is 0.247 e. The minimum atomic E-state index is -2.59. The summed E-state index contributed by atoms with van der Waals surface area (Å²) in [5.74, 6) is -2.05. The van der Waals surface area contributed by atoms with Gasteiger partial charge in [0.2, 0.25) is 5.92 Å². The van der Waals surface area contributed by atoms with Gasteiger partial charge in [-0.25, -0.2) is 8.78 Å². The van der Waals surface area contributed by atoms with Crippen molar-refractivity contribution >= 4 is 0 Å². The highest BCUT2D eigenvalue weighted by Gasteiger charge is 2.21. The van der Waals surface area contributed by atoms with Crippen molar-refractivity contribution in [3.05, 3.63) is 0 Å². The van der Waals surface area contributed by atoms with Crippen molar-refractivity contribution in [2.24, 2.45) is 5.92 Å². The molecule has 0 amide bonds. The number of hydrogen-bond donors (Lipinski definition) is 1. The van der Waals surface area contributed by atoms with Gasteiger partial charge in [-0.2, -0.15) is 0 Å². The molecule has 1 N–H and O–H groups in total. The second-order valence-corrected chi connectivity index (χ2v) is 3.42. The van der Waals surface area contributed by atoms with E-state index in [0.29, 0.717) is 12.5 Å².